The number of halogens is 5. The van der Waals surface area contributed by atoms with Crippen LogP contribution in [0.25, 0.3) is 0 Å². The molecule has 2 aromatic rings. The van der Waals surface area contributed by atoms with E-state index in [0.717, 1.165) is 12.1 Å². The summed E-state index contributed by atoms with van der Waals surface area (Å²) in [6.07, 6.45) is -4.42. The van der Waals surface area contributed by atoms with Crippen molar-refractivity contribution in [1.82, 2.24) is 4.90 Å². The van der Waals surface area contributed by atoms with Crippen molar-refractivity contribution in [3.8, 4) is 11.5 Å². The van der Waals surface area contributed by atoms with Crippen LogP contribution < -0.4 is 14.4 Å². The van der Waals surface area contributed by atoms with Gasteiger partial charge in [0.05, 0.1) is 12.7 Å². The number of anilines is 1. The van der Waals surface area contributed by atoms with Gasteiger partial charge in [0, 0.05) is 37.4 Å². The van der Waals surface area contributed by atoms with Crippen molar-refractivity contribution >= 4 is 11.6 Å². The van der Waals surface area contributed by atoms with E-state index in [1.807, 2.05) is 0 Å². The molecule has 0 aromatic heterocycles. The van der Waals surface area contributed by atoms with E-state index in [4.69, 9.17) is 4.74 Å². The highest BCUT2D eigenvalue weighted by atomic mass is 19.4. The number of methoxy groups -OCH3 is 1. The third kappa shape index (κ3) is 4.92. The lowest BCUT2D eigenvalue weighted by molar-refractivity contribution is -0.137. The number of carbonyl (C=O) groups is 1. The van der Waals surface area contributed by atoms with E-state index in [2.05, 4.69) is 4.74 Å². The number of alkyl halides is 5. The van der Waals surface area contributed by atoms with Crippen molar-refractivity contribution in [1.29, 1.82) is 0 Å². The van der Waals surface area contributed by atoms with Gasteiger partial charge in [-0.2, -0.15) is 22.0 Å². The number of benzene rings is 2. The fourth-order valence-corrected chi connectivity index (χ4v) is 3.22. The fraction of sp³-hybridized carbons (Fsp3) is 0.350. The van der Waals surface area contributed by atoms with Gasteiger partial charge < -0.3 is 19.3 Å². The summed E-state index contributed by atoms with van der Waals surface area (Å²) >= 11 is 0. The molecule has 0 unspecified atom stereocenters. The number of hydrogen-bond donors (Lipinski definition) is 0. The van der Waals surface area contributed by atoms with Crippen LogP contribution in [0.3, 0.4) is 0 Å². The third-order valence-electron chi connectivity index (χ3n) is 4.73. The number of carbonyl (C=O) groups excluding carboxylic acids is 1. The van der Waals surface area contributed by atoms with Gasteiger partial charge in [-0.25, -0.2) is 0 Å². The largest absolute Gasteiger partial charge is 0.493 e. The minimum Gasteiger partial charge on any atom is -0.493 e. The van der Waals surface area contributed by atoms with Gasteiger partial charge in [0.2, 0.25) is 0 Å². The Kier molecular flexibility index (Phi) is 6.33. The molecule has 1 heterocycles. The molecule has 1 amide bonds. The molecule has 0 spiro atoms. The predicted octanol–water partition coefficient (Wildman–Crippen LogP) is 4.28. The van der Waals surface area contributed by atoms with Gasteiger partial charge in [-0.1, -0.05) is 6.07 Å². The van der Waals surface area contributed by atoms with Gasteiger partial charge >= 0.3 is 12.8 Å². The highest BCUT2D eigenvalue weighted by Crippen LogP contribution is 2.32. The number of hydrogen-bond acceptors (Lipinski definition) is 4. The minimum atomic E-state index is -4.42. The Labute approximate surface area is 169 Å². The summed E-state index contributed by atoms with van der Waals surface area (Å²) in [5.74, 6) is -0.511. The van der Waals surface area contributed by atoms with Crippen LogP contribution >= 0.6 is 0 Å². The van der Waals surface area contributed by atoms with E-state index < -0.39 is 18.4 Å². The highest BCUT2D eigenvalue weighted by molar-refractivity contribution is 5.95. The lowest BCUT2D eigenvalue weighted by Crippen LogP contribution is -2.48. The predicted molar refractivity (Wildman–Crippen MR) is 99.2 cm³/mol. The maximum atomic E-state index is 12.9. The second-order valence-corrected chi connectivity index (χ2v) is 6.57. The minimum absolute atomic E-state index is 0.00347. The quantitative estimate of drug-likeness (QED) is 0.665. The molecule has 1 aliphatic rings. The first-order valence-corrected chi connectivity index (χ1v) is 9.03. The zero-order chi connectivity index (χ0) is 21.9. The van der Waals surface area contributed by atoms with Gasteiger partial charge in [0.15, 0.2) is 11.5 Å². The first-order valence-electron chi connectivity index (χ1n) is 9.03. The lowest BCUT2D eigenvalue weighted by atomic mass is 10.1. The zero-order valence-electron chi connectivity index (χ0n) is 16.0. The van der Waals surface area contributed by atoms with Crippen LogP contribution in [0.1, 0.15) is 15.9 Å². The van der Waals surface area contributed by atoms with Crippen LogP contribution in [0, 0.1) is 0 Å². The van der Waals surface area contributed by atoms with Crippen LogP contribution in [-0.4, -0.2) is 50.7 Å². The molecule has 1 aliphatic heterocycles. The Hall–Kier alpha value is -3.04. The van der Waals surface area contributed by atoms with Crippen LogP contribution in [0.2, 0.25) is 0 Å². The lowest BCUT2D eigenvalue weighted by Gasteiger charge is -2.36. The molecular formula is C20H19F5N2O3. The molecule has 0 saturated carbocycles. The molecule has 0 aliphatic carbocycles. The summed E-state index contributed by atoms with van der Waals surface area (Å²) in [4.78, 5) is 16.1. The van der Waals surface area contributed by atoms with Crippen molar-refractivity contribution < 1.29 is 36.2 Å². The maximum Gasteiger partial charge on any atom is 0.416 e. The van der Waals surface area contributed by atoms with Gasteiger partial charge in [-0.05, 0) is 36.4 Å². The van der Waals surface area contributed by atoms with Gasteiger partial charge in [-0.15, -0.1) is 0 Å². The third-order valence-corrected chi connectivity index (χ3v) is 4.73. The van der Waals surface area contributed by atoms with Gasteiger partial charge in [0.1, 0.15) is 0 Å². The average molecular weight is 430 g/mol. The molecule has 2 aromatic carbocycles. The summed E-state index contributed by atoms with van der Waals surface area (Å²) in [6.45, 7) is -1.71. The highest BCUT2D eigenvalue weighted by Gasteiger charge is 2.31. The summed E-state index contributed by atoms with van der Waals surface area (Å²) in [5.41, 5.74) is -0.0511. The van der Waals surface area contributed by atoms with E-state index >= 15 is 0 Å². The molecule has 0 bridgehead atoms. The van der Waals surface area contributed by atoms with E-state index in [1.165, 1.54) is 31.4 Å². The van der Waals surface area contributed by atoms with Crippen molar-refractivity contribution in [2.45, 2.75) is 12.8 Å². The number of ether oxygens (including phenoxy) is 2. The second-order valence-electron chi connectivity index (χ2n) is 6.57. The smallest absolute Gasteiger partial charge is 0.416 e. The van der Waals surface area contributed by atoms with E-state index in [0.29, 0.717) is 31.9 Å². The Morgan fingerprint density at radius 3 is 2.30 bits per heavy atom. The molecule has 3 rings (SSSR count). The molecular weight excluding hydrogens is 411 g/mol. The first-order chi connectivity index (χ1) is 14.2. The van der Waals surface area contributed by atoms with Crippen LogP contribution in [-0.2, 0) is 6.18 Å². The molecule has 5 nitrogen and oxygen atoms in total. The Bertz CT molecular complexity index is 896. The molecule has 0 N–H and O–H groups in total. The molecule has 1 saturated heterocycles. The van der Waals surface area contributed by atoms with Crippen LogP contribution in [0.15, 0.2) is 42.5 Å². The molecule has 30 heavy (non-hydrogen) atoms. The Morgan fingerprint density at radius 2 is 1.70 bits per heavy atom. The Balaban J connectivity index is 1.67. The number of amides is 1. The summed E-state index contributed by atoms with van der Waals surface area (Å²) in [5, 5.41) is 0. The molecule has 1 fully saturated rings. The van der Waals surface area contributed by atoms with Crippen molar-refractivity contribution in [3.05, 3.63) is 53.6 Å². The monoisotopic (exact) mass is 430 g/mol. The number of rotatable bonds is 5. The number of piperazine rings is 1. The van der Waals surface area contributed by atoms with Gasteiger partial charge in [-0.3, -0.25) is 4.79 Å². The van der Waals surface area contributed by atoms with Crippen molar-refractivity contribution in [3.63, 3.8) is 0 Å². The maximum absolute atomic E-state index is 12.9. The van der Waals surface area contributed by atoms with Crippen molar-refractivity contribution in [2.24, 2.45) is 0 Å². The standard InChI is InChI=1S/C20H19F5N2O3/c1-29-17-11-13(5-6-16(17)30-19(21)22)18(28)27-9-7-26(8-10-27)15-4-2-3-14(12-15)20(23,24)25/h2-6,11-12,19H,7-10H2,1H3. The average Bonchev–Trinajstić information content (AvgIpc) is 2.73. The molecule has 0 radical (unpaired) electrons. The summed E-state index contributed by atoms with van der Waals surface area (Å²) < 4.78 is 73.0. The van der Waals surface area contributed by atoms with Gasteiger partial charge in [0.25, 0.3) is 5.91 Å². The second kappa shape index (κ2) is 8.76. The van der Waals surface area contributed by atoms with E-state index in [9.17, 15) is 26.7 Å². The normalized spacial score (nSPS) is 14.8. The Morgan fingerprint density at radius 1 is 1.00 bits per heavy atom. The van der Waals surface area contributed by atoms with E-state index in [1.54, 1.807) is 15.9 Å². The van der Waals surface area contributed by atoms with E-state index in [-0.39, 0.29) is 23.0 Å². The molecule has 0 atom stereocenters. The first kappa shape index (κ1) is 21.7. The molecule has 10 heteroatoms. The summed E-state index contributed by atoms with van der Waals surface area (Å²) in [6, 6.07) is 8.96. The fourth-order valence-electron chi connectivity index (χ4n) is 3.22. The topological polar surface area (TPSA) is 42.0 Å². The van der Waals surface area contributed by atoms with Crippen LogP contribution in [0.4, 0.5) is 27.6 Å². The SMILES string of the molecule is COc1cc(C(=O)N2CCN(c3cccc(C(F)(F)F)c3)CC2)ccc1OC(F)F. The number of nitrogens with zero attached hydrogens (tertiary/aromatic N) is 2. The zero-order valence-corrected chi connectivity index (χ0v) is 16.0. The summed E-state index contributed by atoms with van der Waals surface area (Å²) in [7, 11) is 1.27. The molecule has 162 valence electrons. The van der Waals surface area contributed by atoms with Crippen molar-refractivity contribution in [2.75, 3.05) is 38.2 Å². The van der Waals surface area contributed by atoms with Crippen LogP contribution in [0.5, 0.6) is 11.5 Å².